The van der Waals surface area contributed by atoms with Crippen LogP contribution in [0.25, 0.3) is 29.0 Å². The average Bonchev–Trinajstić information content (AvgIpc) is 3.59. The largest absolute Gasteiger partial charge is 0.478 e. The van der Waals surface area contributed by atoms with Crippen LogP contribution in [-0.2, 0) is 11.2 Å². The Labute approximate surface area is 204 Å². The number of aromatic nitrogens is 4. The van der Waals surface area contributed by atoms with Crippen LogP contribution in [0.5, 0.6) is 0 Å². The molecule has 0 saturated heterocycles. The summed E-state index contributed by atoms with van der Waals surface area (Å²) in [5, 5.41) is 20.6. The molecule has 2 heterocycles. The fourth-order valence-electron chi connectivity index (χ4n) is 4.61. The first-order valence-corrected chi connectivity index (χ1v) is 11.7. The summed E-state index contributed by atoms with van der Waals surface area (Å²) in [4.78, 5) is 10.9. The van der Waals surface area contributed by atoms with Crippen molar-refractivity contribution in [1.82, 2.24) is 20.0 Å². The van der Waals surface area contributed by atoms with E-state index in [-0.39, 0.29) is 0 Å². The summed E-state index contributed by atoms with van der Waals surface area (Å²) in [7, 11) is 0. The third-order valence-corrected chi connectivity index (χ3v) is 6.30. The first kappa shape index (κ1) is 22.3. The van der Waals surface area contributed by atoms with E-state index in [4.69, 9.17) is 5.11 Å². The van der Waals surface area contributed by atoms with Crippen molar-refractivity contribution in [2.45, 2.75) is 26.2 Å². The highest BCUT2D eigenvalue weighted by molar-refractivity contribution is 6.01. The fraction of sp³-hybridized carbons (Fsp3) is 0.138. The molecule has 1 aliphatic rings. The molecule has 0 radical (unpaired) electrons. The third kappa shape index (κ3) is 4.77. The van der Waals surface area contributed by atoms with Gasteiger partial charge in [0.05, 0.1) is 11.9 Å². The van der Waals surface area contributed by atoms with Crippen molar-refractivity contribution in [1.29, 1.82) is 0 Å². The normalized spacial score (nSPS) is 13.9. The van der Waals surface area contributed by atoms with Gasteiger partial charge in [0.1, 0.15) is 0 Å². The highest BCUT2D eigenvalue weighted by Crippen LogP contribution is 2.39. The highest BCUT2D eigenvalue weighted by atomic mass is 16.4. The summed E-state index contributed by atoms with van der Waals surface area (Å²) >= 11 is 0. The number of allylic oxidation sites excluding steroid dienone is 3. The van der Waals surface area contributed by atoms with E-state index < -0.39 is 5.97 Å². The van der Waals surface area contributed by atoms with Gasteiger partial charge in [0.15, 0.2) is 0 Å². The van der Waals surface area contributed by atoms with Crippen LogP contribution in [0.1, 0.15) is 47.7 Å². The van der Waals surface area contributed by atoms with Gasteiger partial charge in [0.2, 0.25) is 0 Å². The lowest BCUT2D eigenvalue weighted by Gasteiger charge is -2.21. The number of aryl methyl sites for hydroxylation is 1. The number of hydrogen-bond acceptors (Lipinski definition) is 3. The topological polar surface area (TPSA) is 83.8 Å². The summed E-state index contributed by atoms with van der Waals surface area (Å²) in [6, 6.07) is 18.5. The van der Waals surface area contributed by atoms with Gasteiger partial charge >= 0.3 is 5.97 Å². The van der Waals surface area contributed by atoms with Crippen molar-refractivity contribution in [3.63, 3.8) is 0 Å². The number of benzene rings is 2. The first-order valence-electron chi connectivity index (χ1n) is 11.7. The molecule has 2 N–H and O–H groups in total. The van der Waals surface area contributed by atoms with Gasteiger partial charge in [0.25, 0.3) is 0 Å². The van der Waals surface area contributed by atoms with E-state index in [1.807, 2.05) is 35.3 Å². The van der Waals surface area contributed by atoms with E-state index in [9.17, 15) is 4.79 Å². The minimum atomic E-state index is -0.954. The molecular weight excluding hydrogens is 436 g/mol. The number of aromatic amines is 1. The predicted octanol–water partition coefficient (Wildman–Crippen LogP) is 6.04. The molecule has 0 aliphatic heterocycles. The Morgan fingerprint density at radius 1 is 1.09 bits per heavy atom. The van der Waals surface area contributed by atoms with Crippen LogP contribution in [0.4, 0.5) is 0 Å². The third-order valence-electron chi connectivity index (χ3n) is 6.30. The summed E-state index contributed by atoms with van der Waals surface area (Å²) in [6.45, 7) is 2.19. The highest BCUT2D eigenvalue weighted by Gasteiger charge is 2.20. The summed E-state index contributed by atoms with van der Waals surface area (Å²) in [6.07, 6.45) is 13.3. The minimum absolute atomic E-state index is 0.854. The number of hydrogen-bond donors (Lipinski definition) is 2. The van der Waals surface area contributed by atoms with E-state index >= 15 is 0 Å². The zero-order valence-corrected chi connectivity index (χ0v) is 19.5. The van der Waals surface area contributed by atoms with Gasteiger partial charge < -0.3 is 5.11 Å². The Morgan fingerprint density at radius 3 is 2.54 bits per heavy atom. The van der Waals surface area contributed by atoms with Gasteiger partial charge in [0, 0.05) is 29.7 Å². The second-order valence-corrected chi connectivity index (χ2v) is 8.47. The van der Waals surface area contributed by atoms with Gasteiger partial charge in [-0.2, -0.15) is 10.2 Å². The van der Waals surface area contributed by atoms with Crippen molar-refractivity contribution in [2.24, 2.45) is 0 Å². The van der Waals surface area contributed by atoms with E-state index in [1.165, 1.54) is 28.0 Å². The number of nitrogens with zero attached hydrogens (tertiary/aromatic N) is 3. The molecule has 1 aliphatic carbocycles. The summed E-state index contributed by atoms with van der Waals surface area (Å²) in [5.41, 5.74) is 10.2. The van der Waals surface area contributed by atoms with Crippen molar-refractivity contribution in [3.8, 4) is 5.69 Å². The van der Waals surface area contributed by atoms with E-state index in [0.29, 0.717) is 0 Å². The zero-order chi connectivity index (χ0) is 24.2. The van der Waals surface area contributed by atoms with Gasteiger partial charge in [-0.3, -0.25) is 5.10 Å². The lowest BCUT2D eigenvalue weighted by atomic mass is 9.83. The van der Waals surface area contributed by atoms with E-state index in [2.05, 4.69) is 64.7 Å². The van der Waals surface area contributed by atoms with Crippen LogP contribution in [0.2, 0.25) is 0 Å². The molecule has 5 rings (SSSR count). The Morgan fingerprint density at radius 2 is 1.86 bits per heavy atom. The summed E-state index contributed by atoms with van der Waals surface area (Å²) in [5.74, 6) is -0.954. The van der Waals surface area contributed by atoms with Gasteiger partial charge in [-0.05, 0) is 83.0 Å². The van der Waals surface area contributed by atoms with Crippen molar-refractivity contribution >= 4 is 29.3 Å². The molecule has 2 aromatic carbocycles. The van der Waals surface area contributed by atoms with Crippen molar-refractivity contribution in [3.05, 3.63) is 113 Å². The lowest BCUT2D eigenvalue weighted by Crippen LogP contribution is -2.03. The smallest absolute Gasteiger partial charge is 0.328 e. The molecule has 6 heteroatoms. The van der Waals surface area contributed by atoms with E-state index in [1.54, 1.807) is 12.3 Å². The number of carboxylic acid groups (broad SMARTS) is 1. The molecule has 0 fully saturated rings. The molecule has 0 amide bonds. The van der Waals surface area contributed by atoms with Gasteiger partial charge in [-0.15, -0.1) is 0 Å². The Hall–Kier alpha value is -4.45. The van der Waals surface area contributed by atoms with Crippen molar-refractivity contribution in [2.75, 3.05) is 0 Å². The molecule has 35 heavy (non-hydrogen) atoms. The maximum Gasteiger partial charge on any atom is 0.328 e. The monoisotopic (exact) mass is 462 g/mol. The lowest BCUT2D eigenvalue weighted by molar-refractivity contribution is -0.131. The van der Waals surface area contributed by atoms with Crippen molar-refractivity contribution < 1.29 is 9.90 Å². The number of rotatable bonds is 7. The Kier molecular flexibility index (Phi) is 6.26. The van der Waals surface area contributed by atoms with Crippen LogP contribution >= 0.6 is 0 Å². The van der Waals surface area contributed by atoms with Gasteiger partial charge in [-0.1, -0.05) is 43.3 Å². The SMILES string of the molecule is CC/C(=C(\C1=Cc2cn[nH]c2CC1)c1ccc(/C=C/C(=O)O)cc1)c1ccc(-n2cccn2)cc1. The van der Waals surface area contributed by atoms with Crippen LogP contribution in [0, 0.1) is 0 Å². The molecule has 0 bridgehead atoms. The quantitative estimate of drug-likeness (QED) is 0.259. The maximum atomic E-state index is 10.9. The Balaban J connectivity index is 1.61. The second-order valence-electron chi connectivity index (χ2n) is 8.47. The molecule has 4 aromatic rings. The maximum absolute atomic E-state index is 10.9. The van der Waals surface area contributed by atoms with Crippen LogP contribution < -0.4 is 0 Å². The first-order chi connectivity index (χ1) is 17.1. The van der Waals surface area contributed by atoms with Crippen LogP contribution in [-0.4, -0.2) is 31.1 Å². The van der Waals surface area contributed by atoms with Crippen LogP contribution in [0.15, 0.2) is 84.8 Å². The Bertz CT molecular complexity index is 1420. The molecule has 2 aromatic heterocycles. The fourth-order valence-corrected chi connectivity index (χ4v) is 4.61. The van der Waals surface area contributed by atoms with E-state index in [0.717, 1.165) is 47.7 Å². The van der Waals surface area contributed by atoms with Crippen LogP contribution in [0.3, 0.4) is 0 Å². The number of fused-ring (bicyclic) bond motifs is 1. The molecule has 174 valence electrons. The number of aliphatic carboxylic acids is 1. The minimum Gasteiger partial charge on any atom is -0.478 e. The molecule has 0 atom stereocenters. The van der Waals surface area contributed by atoms with Gasteiger partial charge in [-0.25, -0.2) is 9.48 Å². The standard InChI is InChI=1S/C29H26N4O2/c1-2-26(21-9-12-25(13-10-21)33-17-3-16-31-33)29(23-11-14-27-24(18-23)19-30-32-27)22-7-4-20(5-8-22)6-15-28(34)35/h3-10,12-13,15-19H,2,11,14H2,1H3,(H,30,32)(H,34,35)/b15-6+,29-26+. The number of H-pyrrole nitrogens is 1. The molecule has 0 unspecified atom stereocenters. The molecule has 6 nitrogen and oxygen atoms in total. The average molecular weight is 463 g/mol. The number of carboxylic acids is 1. The second kappa shape index (κ2) is 9.81. The zero-order valence-electron chi connectivity index (χ0n) is 19.5. The number of carbonyl (C=O) groups is 1. The predicted molar refractivity (Wildman–Crippen MR) is 139 cm³/mol. The number of nitrogens with one attached hydrogen (secondary N) is 1. The molecule has 0 saturated carbocycles. The molecular formula is C29H26N4O2. The molecule has 0 spiro atoms. The summed E-state index contributed by atoms with van der Waals surface area (Å²) < 4.78 is 1.85.